The van der Waals surface area contributed by atoms with Crippen molar-refractivity contribution in [2.24, 2.45) is 5.92 Å². The minimum absolute atomic E-state index is 0.0411. The fourth-order valence-electron chi connectivity index (χ4n) is 3.64. The minimum atomic E-state index is -0.476. The average molecular weight is 464 g/mol. The number of carbonyl (C=O) groups excluding carboxylic acids is 3. The highest BCUT2D eigenvalue weighted by atomic mass is 16.6. The normalized spacial score (nSPS) is 18.4. The fraction of sp³-hybridized carbons (Fsp3) is 0.667. The van der Waals surface area contributed by atoms with Gasteiger partial charge in [-0.3, -0.25) is 19.4 Å². The zero-order chi connectivity index (χ0) is 24.3. The Morgan fingerprint density at radius 1 is 1.15 bits per heavy atom. The van der Waals surface area contributed by atoms with Crippen LogP contribution in [0, 0.1) is 5.92 Å². The Labute approximate surface area is 196 Å². The second kappa shape index (κ2) is 13.3. The number of hydrogen-bond donors (Lipinski definition) is 1. The van der Waals surface area contributed by atoms with E-state index in [0.29, 0.717) is 39.4 Å². The molecule has 0 unspecified atom stereocenters. The Kier molecular flexibility index (Phi) is 10.7. The van der Waals surface area contributed by atoms with E-state index in [2.05, 4.69) is 10.3 Å². The van der Waals surface area contributed by atoms with Crippen molar-refractivity contribution in [2.45, 2.75) is 58.1 Å². The second-order valence-electron chi connectivity index (χ2n) is 9.11. The number of esters is 1. The summed E-state index contributed by atoms with van der Waals surface area (Å²) in [5.41, 5.74) is 0.388. The number of aromatic nitrogens is 1. The minimum Gasteiger partial charge on any atom is -0.460 e. The predicted octanol–water partition coefficient (Wildman–Crippen LogP) is 2.26. The van der Waals surface area contributed by atoms with Gasteiger partial charge in [-0.1, -0.05) is 6.07 Å². The van der Waals surface area contributed by atoms with Crippen LogP contribution in [0.1, 0.15) is 58.1 Å². The van der Waals surface area contributed by atoms with Crippen LogP contribution < -0.4 is 5.32 Å². The van der Waals surface area contributed by atoms with Crippen LogP contribution in [0.25, 0.3) is 0 Å². The molecule has 9 heteroatoms. The Balaban J connectivity index is 1.53. The number of pyridine rings is 1. The van der Waals surface area contributed by atoms with Crippen molar-refractivity contribution in [1.29, 1.82) is 0 Å². The van der Waals surface area contributed by atoms with E-state index in [-0.39, 0.29) is 36.7 Å². The second-order valence-corrected chi connectivity index (χ2v) is 9.11. The zero-order valence-electron chi connectivity index (χ0n) is 20.2. The number of carbonyl (C=O) groups is 3. The van der Waals surface area contributed by atoms with Crippen LogP contribution in [0.4, 0.5) is 0 Å². The zero-order valence-corrected chi connectivity index (χ0v) is 20.2. The van der Waals surface area contributed by atoms with Crippen molar-refractivity contribution in [1.82, 2.24) is 15.2 Å². The molecule has 0 bridgehead atoms. The van der Waals surface area contributed by atoms with Gasteiger partial charge in [-0.05, 0) is 45.2 Å². The molecule has 0 aliphatic carbocycles. The summed E-state index contributed by atoms with van der Waals surface area (Å²) in [6, 6.07) is 3.41. The summed E-state index contributed by atoms with van der Waals surface area (Å²) in [4.78, 5) is 42.2. The monoisotopic (exact) mass is 463 g/mol. The van der Waals surface area contributed by atoms with Gasteiger partial charge in [0.25, 0.3) is 0 Å². The molecule has 0 spiro atoms. The van der Waals surface area contributed by atoms with Gasteiger partial charge in [-0.15, -0.1) is 0 Å². The Bertz CT molecular complexity index is 765. The van der Waals surface area contributed by atoms with Gasteiger partial charge in [0.2, 0.25) is 11.8 Å². The molecule has 1 N–H and O–H groups in total. The van der Waals surface area contributed by atoms with E-state index in [9.17, 15) is 14.4 Å². The molecule has 0 saturated carbocycles. The lowest BCUT2D eigenvalue weighted by molar-refractivity contribution is -0.156. The Hall–Kier alpha value is -2.52. The Morgan fingerprint density at radius 2 is 1.85 bits per heavy atom. The molecule has 1 aliphatic heterocycles. The van der Waals surface area contributed by atoms with E-state index in [1.165, 1.54) is 0 Å². The molecule has 2 heterocycles. The molecule has 0 radical (unpaired) electrons. The smallest absolute Gasteiger partial charge is 0.308 e. The summed E-state index contributed by atoms with van der Waals surface area (Å²) in [5.74, 6) is -0.854. The summed E-state index contributed by atoms with van der Waals surface area (Å²) < 4.78 is 16.2. The maximum atomic E-state index is 12.7. The van der Waals surface area contributed by atoms with Crippen LogP contribution in [0.2, 0.25) is 0 Å². The van der Waals surface area contributed by atoms with Crippen molar-refractivity contribution in [3.63, 3.8) is 0 Å². The number of nitrogens with zero attached hydrogens (tertiary/aromatic N) is 2. The summed E-state index contributed by atoms with van der Waals surface area (Å²) in [6.45, 7) is 7.91. The van der Waals surface area contributed by atoms with Crippen LogP contribution in [0.3, 0.4) is 0 Å². The summed E-state index contributed by atoms with van der Waals surface area (Å²) in [7, 11) is 1.72. The number of amides is 2. The largest absolute Gasteiger partial charge is 0.460 e. The maximum Gasteiger partial charge on any atom is 0.308 e. The summed E-state index contributed by atoms with van der Waals surface area (Å²) in [6.07, 6.45) is 5.22. The van der Waals surface area contributed by atoms with Gasteiger partial charge in [-0.2, -0.15) is 0 Å². The molecule has 1 aromatic heterocycles. The van der Waals surface area contributed by atoms with Gasteiger partial charge in [0.15, 0.2) is 0 Å². The molecule has 2 atom stereocenters. The van der Waals surface area contributed by atoms with Gasteiger partial charge < -0.3 is 24.4 Å². The molecule has 1 fully saturated rings. The van der Waals surface area contributed by atoms with Gasteiger partial charge in [0.1, 0.15) is 5.60 Å². The molecule has 9 nitrogen and oxygen atoms in total. The first-order chi connectivity index (χ1) is 15.7. The predicted molar refractivity (Wildman–Crippen MR) is 122 cm³/mol. The highest BCUT2D eigenvalue weighted by Gasteiger charge is 2.42. The third kappa shape index (κ3) is 9.47. The van der Waals surface area contributed by atoms with E-state index in [0.717, 1.165) is 12.0 Å². The van der Waals surface area contributed by atoms with E-state index in [1.54, 1.807) is 24.3 Å². The number of ether oxygens (including phenoxy) is 3. The van der Waals surface area contributed by atoms with Gasteiger partial charge >= 0.3 is 5.97 Å². The lowest BCUT2D eigenvalue weighted by atomic mass is 9.94. The molecule has 1 aliphatic rings. The van der Waals surface area contributed by atoms with E-state index in [1.807, 2.05) is 32.9 Å². The third-order valence-electron chi connectivity index (χ3n) is 5.16. The molecular weight excluding hydrogens is 426 g/mol. The molecule has 1 saturated heterocycles. The molecule has 33 heavy (non-hydrogen) atoms. The highest BCUT2D eigenvalue weighted by Crippen LogP contribution is 2.36. The molecule has 1 aromatic rings. The van der Waals surface area contributed by atoms with Crippen molar-refractivity contribution in [3.8, 4) is 0 Å². The fourth-order valence-corrected chi connectivity index (χ4v) is 3.64. The van der Waals surface area contributed by atoms with Crippen LogP contribution in [0.5, 0.6) is 0 Å². The van der Waals surface area contributed by atoms with Crippen LogP contribution >= 0.6 is 0 Å². The number of rotatable bonds is 13. The standard InChI is InChI=1S/C24H37N3O6/c1-24(2,3)33-21(29)9-15-32-14-7-13-31-12-6-11-26-23(30)19-16-20(28)27(4)22(19)18-8-5-10-25-17-18/h5,8,10,17,19,22H,6-7,9,11-16H2,1-4H3,(H,26,30)/t19-,22+/m0/s1. The van der Waals surface area contributed by atoms with Gasteiger partial charge in [0.05, 0.1) is 25.0 Å². The number of likely N-dealkylation sites (tertiary alicyclic amines) is 1. The number of hydrogen-bond acceptors (Lipinski definition) is 7. The summed E-state index contributed by atoms with van der Waals surface area (Å²) >= 11 is 0. The highest BCUT2D eigenvalue weighted by molar-refractivity contribution is 5.90. The maximum absolute atomic E-state index is 12.7. The van der Waals surface area contributed by atoms with Crippen LogP contribution in [-0.4, -0.2) is 73.3 Å². The molecule has 2 rings (SSSR count). The quantitative estimate of drug-likeness (QED) is 0.353. The topological polar surface area (TPSA) is 107 Å². The van der Waals surface area contributed by atoms with E-state index in [4.69, 9.17) is 14.2 Å². The van der Waals surface area contributed by atoms with Crippen LogP contribution in [-0.2, 0) is 28.6 Å². The average Bonchev–Trinajstić information content (AvgIpc) is 3.05. The summed E-state index contributed by atoms with van der Waals surface area (Å²) in [5, 5.41) is 2.92. The molecule has 184 valence electrons. The van der Waals surface area contributed by atoms with E-state index >= 15 is 0 Å². The van der Waals surface area contributed by atoms with Crippen molar-refractivity contribution < 1.29 is 28.6 Å². The number of nitrogens with one attached hydrogen (secondary N) is 1. The van der Waals surface area contributed by atoms with E-state index < -0.39 is 11.5 Å². The van der Waals surface area contributed by atoms with Crippen molar-refractivity contribution in [3.05, 3.63) is 30.1 Å². The molecule has 0 aromatic carbocycles. The third-order valence-corrected chi connectivity index (χ3v) is 5.16. The SMILES string of the molecule is CN1C(=O)C[C@H](C(=O)NCCCOCCCOCCC(=O)OC(C)(C)C)[C@H]1c1cccnc1. The first-order valence-electron chi connectivity index (χ1n) is 11.5. The molecular formula is C24H37N3O6. The van der Waals surface area contributed by atoms with Gasteiger partial charge in [0, 0.05) is 52.2 Å². The lowest BCUT2D eigenvalue weighted by Crippen LogP contribution is -2.35. The Morgan fingerprint density at radius 3 is 2.52 bits per heavy atom. The first kappa shape index (κ1) is 26.7. The first-order valence-corrected chi connectivity index (χ1v) is 11.5. The van der Waals surface area contributed by atoms with Gasteiger partial charge in [-0.25, -0.2) is 0 Å². The molecule has 2 amide bonds. The van der Waals surface area contributed by atoms with Crippen LogP contribution in [0.15, 0.2) is 24.5 Å². The van der Waals surface area contributed by atoms with Crippen molar-refractivity contribution in [2.75, 3.05) is 40.0 Å². The van der Waals surface area contributed by atoms with Crippen molar-refractivity contribution >= 4 is 17.8 Å². The lowest BCUT2D eigenvalue weighted by Gasteiger charge is -2.24.